The summed E-state index contributed by atoms with van der Waals surface area (Å²) < 4.78 is 0. The number of amides is 2. The number of carboxylic acid groups (broad SMARTS) is 1. The van der Waals surface area contributed by atoms with E-state index in [0.29, 0.717) is 17.1 Å². The molecule has 1 rings (SSSR count). The number of aliphatic carboxylic acids is 1. The van der Waals surface area contributed by atoms with Crippen molar-refractivity contribution >= 4 is 29.3 Å². The van der Waals surface area contributed by atoms with Crippen LogP contribution in [0.15, 0.2) is 24.3 Å². The van der Waals surface area contributed by atoms with Crippen LogP contribution in [-0.4, -0.2) is 22.6 Å². The van der Waals surface area contributed by atoms with E-state index in [-0.39, 0.29) is 12.5 Å². The number of rotatable bonds is 5. The SMILES string of the molecule is CC(C)(CCC(=O)O)NC(=O)Nc1ccc(Cl)cc1. The van der Waals surface area contributed by atoms with Gasteiger partial charge >= 0.3 is 12.0 Å². The Hall–Kier alpha value is -1.75. The maximum atomic E-state index is 11.8. The van der Waals surface area contributed by atoms with Gasteiger partial charge in [0.15, 0.2) is 0 Å². The normalized spacial score (nSPS) is 10.9. The number of urea groups is 1. The number of carbonyl (C=O) groups is 2. The van der Waals surface area contributed by atoms with Crippen molar-refractivity contribution in [1.29, 1.82) is 0 Å². The van der Waals surface area contributed by atoms with Crippen molar-refractivity contribution in [3.05, 3.63) is 29.3 Å². The molecule has 19 heavy (non-hydrogen) atoms. The monoisotopic (exact) mass is 284 g/mol. The number of anilines is 1. The molecular formula is C13H17ClN2O3. The molecule has 0 saturated heterocycles. The van der Waals surface area contributed by atoms with Crippen LogP contribution in [0.1, 0.15) is 26.7 Å². The zero-order valence-corrected chi connectivity index (χ0v) is 11.6. The van der Waals surface area contributed by atoms with Crippen LogP contribution in [0.4, 0.5) is 10.5 Å². The maximum absolute atomic E-state index is 11.8. The van der Waals surface area contributed by atoms with Gasteiger partial charge in [0.25, 0.3) is 0 Å². The lowest BCUT2D eigenvalue weighted by Crippen LogP contribution is -2.45. The van der Waals surface area contributed by atoms with Crippen LogP contribution in [0.2, 0.25) is 5.02 Å². The summed E-state index contributed by atoms with van der Waals surface area (Å²) in [6.07, 6.45) is 0.366. The molecule has 0 spiro atoms. The van der Waals surface area contributed by atoms with Gasteiger partial charge in [-0.05, 0) is 44.5 Å². The lowest BCUT2D eigenvalue weighted by Gasteiger charge is -2.25. The summed E-state index contributed by atoms with van der Waals surface area (Å²) in [5.74, 6) is -0.881. The van der Waals surface area contributed by atoms with E-state index in [1.54, 1.807) is 38.1 Å². The zero-order chi connectivity index (χ0) is 14.5. The number of carboxylic acids is 1. The lowest BCUT2D eigenvalue weighted by molar-refractivity contribution is -0.137. The highest BCUT2D eigenvalue weighted by molar-refractivity contribution is 6.30. The molecule has 2 amide bonds. The molecule has 0 aliphatic heterocycles. The molecule has 5 nitrogen and oxygen atoms in total. The minimum atomic E-state index is -0.881. The predicted molar refractivity (Wildman–Crippen MR) is 74.6 cm³/mol. The summed E-state index contributed by atoms with van der Waals surface area (Å²) in [5, 5.41) is 14.6. The van der Waals surface area contributed by atoms with Crippen LogP contribution >= 0.6 is 11.6 Å². The summed E-state index contributed by atoms with van der Waals surface area (Å²) in [6.45, 7) is 3.55. The number of carbonyl (C=O) groups excluding carboxylic acids is 1. The van der Waals surface area contributed by atoms with Gasteiger partial charge in [-0.25, -0.2) is 4.79 Å². The fourth-order valence-electron chi connectivity index (χ4n) is 1.48. The van der Waals surface area contributed by atoms with Crippen LogP contribution in [0.25, 0.3) is 0 Å². The lowest BCUT2D eigenvalue weighted by atomic mass is 9.99. The van der Waals surface area contributed by atoms with Crippen molar-refractivity contribution in [2.24, 2.45) is 0 Å². The van der Waals surface area contributed by atoms with E-state index < -0.39 is 11.5 Å². The summed E-state index contributed by atoms with van der Waals surface area (Å²) in [7, 11) is 0. The van der Waals surface area contributed by atoms with Gasteiger partial charge in [0.2, 0.25) is 0 Å². The predicted octanol–water partition coefficient (Wildman–Crippen LogP) is 3.10. The first-order valence-corrected chi connectivity index (χ1v) is 6.23. The summed E-state index contributed by atoms with van der Waals surface area (Å²) in [6, 6.07) is 6.34. The topological polar surface area (TPSA) is 78.4 Å². The maximum Gasteiger partial charge on any atom is 0.319 e. The summed E-state index contributed by atoms with van der Waals surface area (Å²) >= 11 is 5.74. The smallest absolute Gasteiger partial charge is 0.319 e. The summed E-state index contributed by atoms with van der Waals surface area (Å²) in [5.41, 5.74) is 0.0328. The highest BCUT2D eigenvalue weighted by Gasteiger charge is 2.21. The Kier molecular flexibility index (Phi) is 5.18. The van der Waals surface area contributed by atoms with Gasteiger partial charge in [-0.3, -0.25) is 4.79 Å². The number of halogens is 1. The van der Waals surface area contributed by atoms with Crippen LogP contribution in [0, 0.1) is 0 Å². The Labute approximate surface area is 117 Å². The quantitative estimate of drug-likeness (QED) is 0.777. The number of benzene rings is 1. The Morgan fingerprint density at radius 1 is 1.26 bits per heavy atom. The van der Waals surface area contributed by atoms with Crippen molar-refractivity contribution in [3.63, 3.8) is 0 Å². The first-order chi connectivity index (χ1) is 8.78. The molecule has 0 radical (unpaired) electrons. The molecule has 0 unspecified atom stereocenters. The Morgan fingerprint density at radius 3 is 2.37 bits per heavy atom. The van der Waals surface area contributed by atoms with E-state index in [9.17, 15) is 9.59 Å². The number of hydrogen-bond acceptors (Lipinski definition) is 2. The molecule has 0 heterocycles. The van der Waals surface area contributed by atoms with Gasteiger partial charge in [0.05, 0.1) is 0 Å². The summed E-state index contributed by atoms with van der Waals surface area (Å²) in [4.78, 5) is 22.3. The van der Waals surface area contributed by atoms with E-state index in [1.165, 1.54) is 0 Å². The largest absolute Gasteiger partial charge is 0.481 e. The van der Waals surface area contributed by atoms with Gasteiger partial charge in [-0.15, -0.1) is 0 Å². The molecule has 1 aromatic carbocycles. The highest BCUT2D eigenvalue weighted by Crippen LogP contribution is 2.15. The molecule has 6 heteroatoms. The Morgan fingerprint density at radius 2 is 1.84 bits per heavy atom. The van der Waals surface area contributed by atoms with E-state index in [1.807, 2.05) is 0 Å². The highest BCUT2D eigenvalue weighted by atomic mass is 35.5. The third-order valence-corrected chi connectivity index (χ3v) is 2.77. The number of nitrogens with one attached hydrogen (secondary N) is 2. The van der Waals surface area contributed by atoms with Crippen LogP contribution in [0.3, 0.4) is 0 Å². The van der Waals surface area contributed by atoms with Crippen molar-refractivity contribution in [2.75, 3.05) is 5.32 Å². The molecule has 1 aromatic rings. The van der Waals surface area contributed by atoms with E-state index in [0.717, 1.165) is 0 Å². The average molecular weight is 285 g/mol. The Bertz CT molecular complexity index is 457. The van der Waals surface area contributed by atoms with Gasteiger partial charge in [0.1, 0.15) is 0 Å². The fourth-order valence-corrected chi connectivity index (χ4v) is 1.61. The minimum Gasteiger partial charge on any atom is -0.481 e. The second-order valence-electron chi connectivity index (χ2n) is 4.86. The minimum absolute atomic E-state index is 0.00816. The molecule has 0 bridgehead atoms. The number of hydrogen-bond donors (Lipinski definition) is 3. The van der Waals surface area contributed by atoms with Gasteiger partial charge < -0.3 is 15.7 Å². The van der Waals surface area contributed by atoms with Crippen molar-refractivity contribution in [1.82, 2.24) is 5.32 Å². The third-order valence-electron chi connectivity index (χ3n) is 2.52. The first-order valence-electron chi connectivity index (χ1n) is 5.85. The van der Waals surface area contributed by atoms with Crippen LogP contribution < -0.4 is 10.6 Å². The van der Waals surface area contributed by atoms with E-state index in [4.69, 9.17) is 16.7 Å². The molecule has 3 N–H and O–H groups in total. The van der Waals surface area contributed by atoms with Crippen molar-refractivity contribution < 1.29 is 14.7 Å². The Balaban J connectivity index is 2.50. The zero-order valence-electron chi connectivity index (χ0n) is 10.9. The molecule has 0 saturated carbocycles. The van der Waals surface area contributed by atoms with Gasteiger partial charge in [0, 0.05) is 22.7 Å². The molecule has 0 aromatic heterocycles. The third kappa shape index (κ3) is 6.10. The first kappa shape index (κ1) is 15.3. The van der Waals surface area contributed by atoms with Crippen LogP contribution in [-0.2, 0) is 4.79 Å². The molecular weight excluding hydrogens is 268 g/mol. The van der Waals surface area contributed by atoms with Crippen molar-refractivity contribution in [2.45, 2.75) is 32.2 Å². The second kappa shape index (κ2) is 6.43. The molecule has 0 aliphatic carbocycles. The molecule has 0 fully saturated rings. The van der Waals surface area contributed by atoms with Gasteiger partial charge in [-0.1, -0.05) is 11.6 Å². The van der Waals surface area contributed by atoms with E-state index in [2.05, 4.69) is 10.6 Å². The molecule has 0 aliphatic rings. The second-order valence-corrected chi connectivity index (χ2v) is 5.30. The average Bonchev–Trinajstić information content (AvgIpc) is 2.29. The van der Waals surface area contributed by atoms with Crippen molar-refractivity contribution in [3.8, 4) is 0 Å². The molecule has 0 atom stereocenters. The van der Waals surface area contributed by atoms with Crippen LogP contribution in [0.5, 0.6) is 0 Å². The van der Waals surface area contributed by atoms with Gasteiger partial charge in [-0.2, -0.15) is 0 Å². The standard InChI is InChI=1S/C13H17ClN2O3/c1-13(2,8-7-11(17)18)16-12(19)15-10-5-3-9(14)4-6-10/h3-6H,7-8H2,1-2H3,(H,17,18)(H2,15,16,19). The van der Waals surface area contributed by atoms with E-state index >= 15 is 0 Å². The molecule has 104 valence electrons. The fraction of sp³-hybridized carbons (Fsp3) is 0.385.